The van der Waals surface area contributed by atoms with Crippen LogP contribution in [0, 0.1) is 5.82 Å². The Balaban J connectivity index is 1.82. The number of anilines is 1. The molecule has 22 heavy (non-hydrogen) atoms. The predicted molar refractivity (Wildman–Crippen MR) is 84.0 cm³/mol. The van der Waals surface area contributed by atoms with Crippen LogP contribution in [0.25, 0.3) is 0 Å². The second-order valence-electron chi connectivity index (χ2n) is 5.33. The number of nitrogens with zero attached hydrogens (tertiary/aromatic N) is 1. The normalized spacial score (nSPS) is 13.3. The summed E-state index contributed by atoms with van der Waals surface area (Å²) in [7, 11) is 0. The van der Waals surface area contributed by atoms with Gasteiger partial charge in [-0.1, -0.05) is 23.7 Å². The molecule has 0 unspecified atom stereocenters. The Morgan fingerprint density at radius 1 is 1.27 bits per heavy atom. The predicted octanol–water partition coefficient (Wildman–Crippen LogP) is 3.22. The molecule has 2 aromatic rings. The third-order valence-corrected chi connectivity index (χ3v) is 4.15. The van der Waals surface area contributed by atoms with E-state index in [0.29, 0.717) is 17.1 Å². The van der Waals surface area contributed by atoms with Crippen molar-refractivity contribution < 1.29 is 14.3 Å². The van der Waals surface area contributed by atoms with Crippen molar-refractivity contribution in [1.82, 2.24) is 0 Å². The highest BCUT2D eigenvalue weighted by molar-refractivity contribution is 6.30. The van der Waals surface area contributed by atoms with Crippen molar-refractivity contribution in [2.45, 2.75) is 13.0 Å². The van der Waals surface area contributed by atoms with E-state index in [0.717, 1.165) is 18.7 Å². The fourth-order valence-electron chi connectivity index (χ4n) is 2.75. The van der Waals surface area contributed by atoms with E-state index in [1.165, 1.54) is 11.6 Å². The molecule has 0 aromatic heterocycles. The van der Waals surface area contributed by atoms with Gasteiger partial charge in [0.1, 0.15) is 12.4 Å². The monoisotopic (exact) mass is 319 g/mol. The highest BCUT2D eigenvalue weighted by Crippen LogP contribution is 2.31. The Kier molecular flexibility index (Phi) is 4.14. The van der Waals surface area contributed by atoms with E-state index in [1.807, 2.05) is 18.2 Å². The van der Waals surface area contributed by atoms with Crippen molar-refractivity contribution >= 4 is 23.1 Å². The molecular formula is C17H15ClFNO2. The number of carbonyl (C=O) groups is 1. The SMILES string of the molecule is O=C(CO)c1ccc(CN2CCc3cc(Cl)ccc32)c(F)c1. The van der Waals surface area contributed by atoms with Crippen molar-refractivity contribution in [3.05, 3.63) is 63.9 Å². The third kappa shape index (κ3) is 2.85. The van der Waals surface area contributed by atoms with Crippen LogP contribution in [-0.2, 0) is 13.0 Å². The number of benzene rings is 2. The van der Waals surface area contributed by atoms with Gasteiger partial charge in [0.05, 0.1) is 0 Å². The lowest BCUT2D eigenvalue weighted by Gasteiger charge is -2.20. The fraction of sp³-hybridized carbons (Fsp3) is 0.235. The van der Waals surface area contributed by atoms with E-state index in [-0.39, 0.29) is 5.56 Å². The molecule has 0 saturated heterocycles. The molecule has 0 aliphatic carbocycles. The van der Waals surface area contributed by atoms with Gasteiger partial charge in [-0.15, -0.1) is 0 Å². The van der Waals surface area contributed by atoms with Crippen molar-refractivity contribution in [1.29, 1.82) is 0 Å². The Morgan fingerprint density at radius 2 is 2.09 bits per heavy atom. The van der Waals surface area contributed by atoms with Crippen LogP contribution in [0.1, 0.15) is 21.5 Å². The Morgan fingerprint density at radius 3 is 2.82 bits per heavy atom. The molecule has 3 rings (SSSR count). The molecular weight excluding hydrogens is 305 g/mol. The van der Waals surface area contributed by atoms with Crippen LogP contribution in [0.15, 0.2) is 36.4 Å². The molecule has 0 atom stereocenters. The van der Waals surface area contributed by atoms with E-state index < -0.39 is 18.2 Å². The zero-order chi connectivity index (χ0) is 15.7. The molecule has 0 bridgehead atoms. The first kappa shape index (κ1) is 15.0. The van der Waals surface area contributed by atoms with Crippen LogP contribution < -0.4 is 4.90 Å². The first-order valence-electron chi connectivity index (χ1n) is 7.04. The third-order valence-electron chi connectivity index (χ3n) is 3.91. The summed E-state index contributed by atoms with van der Waals surface area (Å²) in [6.07, 6.45) is 0.887. The topological polar surface area (TPSA) is 40.5 Å². The maximum Gasteiger partial charge on any atom is 0.188 e. The number of halogens is 2. The molecule has 1 aliphatic rings. The number of carbonyl (C=O) groups excluding carboxylic acids is 1. The molecule has 1 heterocycles. The minimum atomic E-state index is -0.612. The Labute approximate surface area is 132 Å². The number of Topliss-reactive ketones (excluding diaryl/α,β-unsaturated/α-hetero) is 1. The van der Waals surface area contributed by atoms with E-state index in [1.54, 1.807) is 12.1 Å². The van der Waals surface area contributed by atoms with Crippen LogP contribution in [0.2, 0.25) is 5.02 Å². The van der Waals surface area contributed by atoms with E-state index in [2.05, 4.69) is 4.90 Å². The minimum Gasteiger partial charge on any atom is -0.388 e. The lowest BCUT2D eigenvalue weighted by atomic mass is 10.1. The van der Waals surface area contributed by atoms with Crippen LogP contribution in [0.5, 0.6) is 0 Å². The quantitative estimate of drug-likeness (QED) is 0.880. The molecule has 0 fully saturated rings. The molecule has 1 aliphatic heterocycles. The molecule has 0 saturated carbocycles. The molecule has 3 nitrogen and oxygen atoms in total. The number of ketones is 1. The first-order chi connectivity index (χ1) is 10.6. The minimum absolute atomic E-state index is 0.192. The summed E-state index contributed by atoms with van der Waals surface area (Å²) in [5.41, 5.74) is 2.95. The van der Waals surface area contributed by atoms with Gasteiger partial charge >= 0.3 is 0 Å². The van der Waals surface area contributed by atoms with Gasteiger partial charge in [0.15, 0.2) is 5.78 Å². The fourth-order valence-corrected chi connectivity index (χ4v) is 2.94. The average Bonchev–Trinajstić information content (AvgIpc) is 2.90. The zero-order valence-electron chi connectivity index (χ0n) is 11.9. The highest BCUT2D eigenvalue weighted by Gasteiger charge is 2.20. The van der Waals surface area contributed by atoms with E-state index >= 15 is 0 Å². The van der Waals surface area contributed by atoms with Gasteiger partial charge < -0.3 is 10.0 Å². The van der Waals surface area contributed by atoms with Crippen molar-refractivity contribution in [2.24, 2.45) is 0 Å². The average molecular weight is 320 g/mol. The van der Waals surface area contributed by atoms with Crippen LogP contribution in [-0.4, -0.2) is 24.0 Å². The second kappa shape index (κ2) is 6.07. The number of aliphatic hydroxyl groups is 1. The van der Waals surface area contributed by atoms with Crippen LogP contribution in [0.4, 0.5) is 10.1 Å². The number of fused-ring (bicyclic) bond motifs is 1. The molecule has 2 aromatic carbocycles. The standard InChI is InChI=1S/C17H15ClFNO2/c18-14-3-4-16-11(7-14)5-6-20(16)9-13-2-1-12(8-15(13)19)17(22)10-21/h1-4,7-8,21H,5-6,9-10H2. The molecule has 5 heteroatoms. The maximum atomic E-state index is 14.2. The molecule has 0 spiro atoms. The van der Waals surface area contributed by atoms with Crippen LogP contribution in [0.3, 0.4) is 0 Å². The summed E-state index contributed by atoms with van der Waals surface area (Å²) in [5.74, 6) is -0.909. The molecule has 1 N–H and O–H groups in total. The smallest absolute Gasteiger partial charge is 0.188 e. The van der Waals surface area contributed by atoms with Gasteiger partial charge in [-0.2, -0.15) is 0 Å². The van der Waals surface area contributed by atoms with E-state index in [4.69, 9.17) is 16.7 Å². The van der Waals surface area contributed by atoms with Gasteiger partial charge in [-0.25, -0.2) is 4.39 Å². The Bertz CT molecular complexity index is 733. The van der Waals surface area contributed by atoms with Gasteiger partial charge in [-0.3, -0.25) is 4.79 Å². The van der Waals surface area contributed by atoms with Gasteiger partial charge in [0.25, 0.3) is 0 Å². The number of rotatable bonds is 4. The summed E-state index contributed by atoms with van der Waals surface area (Å²) >= 11 is 5.99. The zero-order valence-corrected chi connectivity index (χ0v) is 12.6. The van der Waals surface area contributed by atoms with Crippen LogP contribution >= 0.6 is 11.6 Å². The van der Waals surface area contributed by atoms with Crippen molar-refractivity contribution in [2.75, 3.05) is 18.1 Å². The van der Waals surface area contributed by atoms with Gasteiger partial charge in [-0.05, 0) is 36.2 Å². The lowest BCUT2D eigenvalue weighted by molar-refractivity contribution is 0.0903. The number of hydrogen-bond donors (Lipinski definition) is 1. The highest BCUT2D eigenvalue weighted by atomic mass is 35.5. The summed E-state index contributed by atoms with van der Waals surface area (Å²) < 4.78 is 14.2. The first-order valence-corrected chi connectivity index (χ1v) is 7.42. The maximum absolute atomic E-state index is 14.2. The van der Waals surface area contributed by atoms with E-state index in [9.17, 15) is 9.18 Å². The molecule has 0 radical (unpaired) electrons. The van der Waals surface area contributed by atoms with Gasteiger partial charge in [0, 0.05) is 34.9 Å². The lowest BCUT2D eigenvalue weighted by Crippen LogP contribution is -2.20. The van der Waals surface area contributed by atoms with Gasteiger partial charge in [0.2, 0.25) is 0 Å². The number of aliphatic hydroxyl groups excluding tert-OH is 1. The summed E-state index contributed by atoms with van der Waals surface area (Å²) in [5, 5.41) is 9.53. The summed E-state index contributed by atoms with van der Waals surface area (Å²) in [6.45, 7) is 0.638. The molecule has 114 valence electrons. The summed E-state index contributed by atoms with van der Waals surface area (Å²) in [4.78, 5) is 13.5. The summed E-state index contributed by atoms with van der Waals surface area (Å²) in [6, 6.07) is 10.1. The van der Waals surface area contributed by atoms with Crippen molar-refractivity contribution in [3.63, 3.8) is 0 Å². The number of hydrogen-bond acceptors (Lipinski definition) is 3. The Hall–Kier alpha value is -1.91. The largest absolute Gasteiger partial charge is 0.388 e. The second-order valence-corrected chi connectivity index (χ2v) is 5.77. The molecule has 0 amide bonds. The van der Waals surface area contributed by atoms with Crippen molar-refractivity contribution in [3.8, 4) is 0 Å².